The summed E-state index contributed by atoms with van der Waals surface area (Å²) in [5.74, 6) is 1.46. The van der Waals surface area contributed by atoms with E-state index in [1.54, 1.807) is 11.8 Å². The Morgan fingerprint density at radius 2 is 1.58 bits per heavy atom. The average molecular weight is 458 g/mol. The molecule has 0 atom stereocenters. The molecule has 33 heavy (non-hydrogen) atoms. The third-order valence-corrected chi connectivity index (χ3v) is 6.33. The molecule has 0 saturated carbocycles. The van der Waals surface area contributed by atoms with Crippen LogP contribution in [0.2, 0.25) is 0 Å². The van der Waals surface area contributed by atoms with Crippen LogP contribution in [0.1, 0.15) is 28.1 Å². The zero-order valence-electron chi connectivity index (χ0n) is 19.0. The maximum atomic E-state index is 12.6. The van der Waals surface area contributed by atoms with Gasteiger partial charge in [-0.25, -0.2) is 4.79 Å². The van der Waals surface area contributed by atoms with Crippen LogP contribution in [0.15, 0.2) is 78.0 Å². The fraction of sp³-hybridized carbons (Fsp3) is 0.192. The molecule has 0 aliphatic heterocycles. The molecule has 0 radical (unpaired) electrons. The summed E-state index contributed by atoms with van der Waals surface area (Å²) < 4.78 is 2.01. The van der Waals surface area contributed by atoms with Crippen molar-refractivity contribution in [3.8, 4) is 5.69 Å². The number of aromatic nitrogens is 3. The second-order valence-electron chi connectivity index (χ2n) is 7.92. The smallest absolute Gasteiger partial charge is 0.319 e. The van der Waals surface area contributed by atoms with Crippen molar-refractivity contribution in [2.75, 3.05) is 5.32 Å². The molecule has 1 heterocycles. The van der Waals surface area contributed by atoms with Crippen LogP contribution >= 0.6 is 11.8 Å². The average Bonchev–Trinajstić information content (AvgIpc) is 3.23. The zero-order valence-corrected chi connectivity index (χ0v) is 19.8. The maximum Gasteiger partial charge on any atom is 0.319 e. The summed E-state index contributed by atoms with van der Waals surface area (Å²) in [6.45, 7) is 6.27. The Hall–Kier alpha value is -3.58. The molecule has 4 aromatic rings. The van der Waals surface area contributed by atoms with Crippen LogP contribution in [-0.2, 0) is 12.3 Å². The Kier molecular flexibility index (Phi) is 7.10. The van der Waals surface area contributed by atoms with Gasteiger partial charge in [0.2, 0.25) is 0 Å². The molecule has 1 aromatic heterocycles. The van der Waals surface area contributed by atoms with Crippen molar-refractivity contribution in [2.45, 2.75) is 38.2 Å². The Labute approximate surface area is 198 Å². The molecule has 2 amide bonds. The van der Waals surface area contributed by atoms with Gasteiger partial charge < -0.3 is 10.6 Å². The van der Waals surface area contributed by atoms with Gasteiger partial charge in [0.15, 0.2) is 11.0 Å². The molecule has 168 valence electrons. The number of hydrogen-bond donors (Lipinski definition) is 2. The van der Waals surface area contributed by atoms with Crippen molar-refractivity contribution in [2.24, 2.45) is 0 Å². The number of rotatable bonds is 7. The molecule has 3 aromatic carbocycles. The van der Waals surface area contributed by atoms with Crippen molar-refractivity contribution < 1.29 is 4.79 Å². The largest absolute Gasteiger partial charge is 0.331 e. The number of para-hydroxylation sites is 1. The van der Waals surface area contributed by atoms with Gasteiger partial charge >= 0.3 is 6.03 Å². The van der Waals surface area contributed by atoms with Crippen LogP contribution in [0.5, 0.6) is 0 Å². The van der Waals surface area contributed by atoms with Gasteiger partial charge in [0, 0.05) is 17.1 Å². The van der Waals surface area contributed by atoms with Crippen molar-refractivity contribution in [3.63, 3.8) is 0 Å². The molecular weight excluding hydrogens is 430 g/mol. The molecule has 0 saturated heterocycles. The summed E-state index contributed by atoms with van der Waals surface area (Å²) in [6.07, 6.45) is 0. The first-order valence-electron chi connectivity index (χ1n) is 10.8. The second-order valence-corrected chi connectivity index (χ2v) is 8.86. The summed E-state index contributed by atoms with van der Waals surface area (Å²) in [5, 5.41) is 15.5. The van der Waals surface area contributed by atoms with Gasteiger partial charge in [-0.2, -0.15) is 0 Å². The molecule has 7 heteroatoms. The number of nitrogens with zero attached hydrogens (tertiary/aromatic N) is 3. The number of amides is 2. The first kappa shape index (κ1) is 22.6. The van der Waals surface area contributed by atoms with E-state index in [1.807, 2.05) is 66.9 Å². The number of anilines is 1. The minimum atomic E-state index is -0.274. The highest BCUT2D eigenvalue weighted by Crippen LogP contribution is 2.25. The van der Waals surface area contributed by atoms with Crippen LogP contribution in [0.4, 0.5) is 10.5 Å². The molecule has 0 aliphatic carbocycles. The van der Waals surface area contributed by atoms with Crippen LogP contribution in [0.25, 0.3) is 5.69 Å². The SMILES string of the molecule is Cc1ccc(-n2c(CNC(=O)Nc3c(C)cccc3C)nnc2SCc2ccccc2)cc1. The van der Waals surface area contributed by atoms with Crippen LogP contribution in [0, 0.1) is 20.8 Å². The van der Waals surface area contributed by atoms with Gasteiger partial charge in [0.05, 0.1) is 6.54 Å². The Balaban J connectivity index is 1.52. The number of hydrogen-bond acceptors (Lipinski definition) is 4. The second kappa shape index (κ2) is 10.4. The predicted molar refractivity (Wildman–Crippen MR) is 134 cm³/mol. The highest BCUT2D eigenvalue weighted by molar-refractivity contribution is 7.98. The molecular formula is C26H27N5OS. The Bertz CT molecular complexity index is 1220. The lowest BCUT2D eigenvalue weighted by atomic mass is 10.1. The fourth-order valence-electron chi connectivity index (χ4n) is 3.51. The van der Waals surface area contributed by atoms with Crippen LogP contribution < -0.4 is 10.6 Å². The Morgan fingerprint density at radius 1 is 0.879 bits per heavy atom. The topological polar surface area (TPSA) is 71.8 Å². The van der Waals surface area contributed by atoms with Gasteiger partial charge in [0.25, 0.3) is 0 Å². The summed E-state index contributed by atoms with van der Waals surface area (Å²) in [7, 11) is 0. The predicted octanol–water partition coefficient (Wildman–Crippen LogP) is 5.81. The van der Waals surface area contributed by atoms with E-state index in [0.29, 0.717) is 5.82 Å². The first-order valence-corrected chi connectivity index (χ1v) is 11.8. The number of thioether (sulfide) groups is 1. The molecule has 4 rings (SSSR count). The van der Waals surface area contributed by atoms with Crippen molar-refractivity contribution in [1.82, 2.24) is 20.1 Å². The lowest BCUT2D eigenvalue weighted by Gasteiger charge is -2.13. The van der Waals surface area contributed by atoms with Gasteiger partial charge in [-0.15, -0.1) is 10.2 Å². The van der Waals surface area contributed by atoms with Crippen molar-refractivity contribution in [1.29, 1.82) is 0 Å². The highest BCUT2D eigenvalue weighted by Gasteiger charge is 2.16. The molecule has 2 N–H and O–H groups in total. The fourth-order valence-corrected chi connectivity index (χ4v) is 4.44. The third kappa shape index (κ3) is 5.62. The van der Waals surface area contributed by atoms with Gasteiger partial charge in [-0.3, -0.25) is 4.57 Å². The minimum Gasteiger partial charge on any atom is -0.331 e. The van der Waals surface area contributed by atoms with Crippen LogP contribution in [0.3, 0.4) is 0 Å². The van der Waals surface area contributed by atoms with Gasteiger partial charge in [-0.05, 0) is 49.6 Å². The van der Waals surface area contributed by atoms with E-state index in [9.17, 15) is 4.79 Å². The number of carbonyl (C=O) groups is 1. The van der Waals surface area contributed by atoms with E-state index in [2.05, 4.69) is 52.0 Å². The lowest BCUT2D eigenvalue weighted by Crippen LogP contribution is -2.30. The minimum absolute atomic E-state index is 0.254. The van der Waals surface area contributed by atoms with Crippen LogP contribution in [-0.4, -0.2) is 20.8 Å². The van der Waals surface area contributed by atoms with E-state index < -0.39 is 0 Å². The molecule has 6 nitrogen and oxygen atoms in total. The molecule has 0 spiro atoms. The van der Waals surface area contributed by atoms with E-state index >= 15 is 0 Å². The lowest BCUT2D eigenvalue weighted by molar-refractivity contribution is 0.251. The molecule has 0 fully saturated rings. The summed E-state index contributed by atoms with van der Waals surface area (Å²) in [4.78, 5) is 12.6. The van der Waals surface area contributed by atoms with Gasteiger partial charge in [-0.1, -0.05) is 78.0 Å². The third-order valence-electron chi connectivity index (χ3n) is 5.33. The zero-order chi connectivity index (χ0) is 23.2. The first-order chi connectivity index (χ1) is 16.0. The molecule has 0 unspecified atom stereocenters. The quantitative estimate of drug-likeness (QED) is 0.344. The highest BCUT2D eigenvalue weighted by atomic mass is 32.2. The summed E-state index contributed by atoms with van der Waals surface area (Å²) in [6, 6.07) is 24.1. The monoisotopic (exact) mass is 457 g/mol. The molecule has 0 bridgehead atoms. The van der Waals surface area contributed by atoms with E-state index in [1.165, 1.54) is 11.1 Å². The standard InChI is InChI=1S/C26H27N5OS/c1-18-12-14-22(15-13-18)31-23(29-30-26(31)33-17-21-10-5-4-6-11-21)16-27-25(32)28-24-19(2)8-7-9-20(24)3/h4-15H,16-17H2,1-3H3,(H2,27,28,32). The molecule has 0 aliphatic rings. The van der Waals surface area contributed by atoms with Crippen molar-refractivity contribution in [3.05, 3.63) is 101 Å². The number of benzene rings is 3. The van der Waals surface area contributed by atoms with Gasteiger partial charge in [0.1, 0.15) is 0 Å². The summed E-state index contributed by atoms with van der Waals surface area (Å²) >= 11 is 1.62. The number of carbonyl (C=O) groups excluding carboxylic acids is 1. The number of nitrogens with one attached hydrogen (secondary N) is 2. The van der Waals surface area contributed by atoms with E-state index in [4.69, 9.17) is 0 Å². The van der Waals surface area contributed by atoms with Crippen molar-refractivity contribution >= 4 is 23.5 Å². The Morgan fingerprint density at radius 3 is 2.27 bits per heavy atom. The summed E-state index contributed by atoms with van der Waals surface area (Å²) in [5.41, 5.74) is 6.23. The number of urea groups is 1. The number of aryl methyl sites for hydroxylation is 3. The maximum absolute atomic E-state index is 12.6. The van der Waals surface area contributed by atoms with E-state index in [0.717, 1.165) is 33.4 Å². The normalized spacial score (nSPS) is 10.8. The van der Waals surface area contributed by atoms with E-state index in [-0.39, 0.29) is 12.6 Å².